The number of hydrogen-bond acceptors (Lipinski definition) is 3. The predicted molar refractivity (Wildman–Crippen MR) is 68.1 cm³/mol. The zero-order valence-corrected chi connectivity index (χ0v) is 11.3. The van der Waals surface area contributed by atoms with Gasteiger partial charge in [-0.3, -0.25) is 4.79 Å². The molecule has 0 bridgehead atoms. The molecule has 0 spiro atoms. The predicted octanol–water partition coefficient (Wildman–Crippen LogP) is 2.20. The van der Waals surface area contributed by atoms with E-state index in [0.29, 0.717) is 5.56 Å². The first-order valence-electron chi connectivity index (χ1n) is 6.11. The molecule has 20 heavy (non-hydrogen) atoms. The minimum atomic E-state index is -4.71. The Balaban J connectivity index is 2.45. The van der Waals surface area contributed by atoms with Crippen molar-refractivity contribution in [2.45, 2.75) is 32.8 Å². The van der Waals surface area contributed by atoms with Gasteiger partial charge in [0.25, 0.3) is 0 Å². The Hall–Kier alpha value is -1.76. The molecule has 0 heterocycles. The number of halogens is 3. The molecule has 0 radical (unpaired) electrons. The van der Waals surface area contributed by atoms with Crippen molar-refractivity contribution >= 4 is 5.91 Å². The lowest BCUT2D eigenvalue weighted by molar-refractivity contribution is -0.274. The van der Waals surface area contributed by atoms with Crippen molar-refractivity contribution in [3.05, 3.63) is 29.8 Å². The second kappa shape index (κ2) is 7.14. The molecule has 2 N–H and O–H groups in total. The Bertz CT molecular complexity index is 447. The number of nitrogens with one attached hydrogen (secondary N) is 2. The topological polar surface area (TPSA) is 50.4 Å². The second-order valence-electron chi connectivity index (χ2n) is 4.52. The van der Waals surface area contributed by atoms with Gasteiger partial charge < -0.3 is 15.4 Å². The molecule has 0 aliphatic rings. The summed E-state index contributed by atoms with van der Waals surface area (Å²) < 4.78 is 40.0. The normalized spacial score (nSPS) is 11.5. The summed E-state index contributed by atoms with van der Waals surface area (Å²) >= 11 is 0. The standard InChI is InChI=1S/C13H17F3N2O2/c1-9(2)18-12(19)8-17-7-10-4-3-5-11(6-10)20-13(14,15)16/h3-6,9,17H,7-8H2,1-2H3,(H,18,19). The molecule has 0 saturated heterocycles. The third-order valence-electron chi connectivity index (χ3n) is 2.20. The van der Waals surface area contributed by atoms with E-state index in [1.165, 1.54) is 18.2 Å². The molecule has 0 atom stereocenters. The first kappa shape index (κ1) is 16.3. The van der Waals surface area contributed by atoms with Crippen LogP contribution in [-0.4, -0.2) is 24.9 Å². The van der Waals surface area contributed by atoms with Crippen molar-refractivity contribution in [3.63, 3.8) is 0 Å². The van der Waals surface area contributed by atoms with E-state index in [1.54, 1.807) is 6.07 Å². The smallest absolute Gasteiger partial charge is 0.406 e. The van der Waals surface area contributed by atoms with Crippen LogP contribution in [0.4, 0.5) is 13.2 Å². The Morgan fingerprint density at radius 1 is 1.35 bits per heavy atom. The van der Waals surface area contributed by atoms with Gasteiger partial charge in [0.1, 0.15) is 5.75 Å². The Morgan fingerprint density at radius 2 is 2.05 bits per heavy atom. The quantitative estimate of drug-likeness (QED) is 0.844. The fourth-order valence-corrected chi connectivity index (χ4v) is 1.55. The third kappa shape index (κ3) is 6.98. The van der Waals surface area contributed by atoms with Crippen LogP contribution in [0.1, 0.15) is 19.4 Å². The summed E-state index contributed by atoms with van der Waals surface area (Å²) in [5.74, 6) is -0.439. The van der Waals surface area contributed by atoms with Crippen molar-refractivity contribution in [1.29, 1.82) is 0 Å². The molecule has 7 heteroatoms. The fourth-order valence-electron chi connectivity index (χ4n) is 1.55. The summed E-state index contributed by atoms with van der Waals surface area (Å²) in [5, 5.41) is 5.54. The van der Waals surface area contributed by atoms with Gasteiger partial charge in [-0.2, -0.15) is 0 Å². The highest BCUT2D eigenvalue weighted by molar-refractivity contribution is 5.78. The number of benzene rings is 1. The van der Waals surface area contributed by atoms with E-state index < -0.39 is 6.36 Å². The third-order valence-corrected chi connectivity index (χ3v) is 2.20. The lowest BCUT2D eigenvalue weighted by Gasteiger charge is -2.11. The maximum atomic E-state index is 12.1. The van der Waals surface area contributed by atoms with Crippen LogP contribution < -0.4 is 15.4 Å². The first-order chi connectivity index (χ1) is 9.26. The molecule has 1 rings (SSSR count). The molecule has 1 aromatic rings. The summed E-state index contributed by atoms with van der Waals surface area (Å²) in [6.45, 7) is 4.06. The Morgan fingerprint density at radius 3 is 2.65 bits per heavy atom. The zero-order valence-electron chi connectivity index (χ0n) is 11.3. The first-order valence-corrected chi connectivity index (χ1v) is 6.11. The van der Waals surface area contributed by atoms with Crippen LogP contribution in [0, 0.1) is 0 Å². The molecular formula is C13H17F3N2O2. The van der Waals surface area contributed by atoms with Gasteiger partial charge in [0.15, 0.2) is 0 Å². The van der Waals surface area contributed by atoms with E-state index in [9.17, 15) is 18.0 Å². The van der Waals surface area contributed by atoms with Crippen LogP contribution >= 0.6 is 0 Å². The molecule has 0 aliphatic carbocycles. The van der Waals surface area contributed by atoms with Crippen LogP contribution in [0.25, 0.3) is 0 Å². The lowest BCUT2D eigenvalue weighted by atomic mass is 10.2. The molecule has 0 fully saturated rings. The van der Waals surface area contributed by atoms with Gasteiger partial charge in [-0.1, -0.05) is 12.1 Å². The number of amides is 1. The zero-order chi connectivity index (χ0) is 15.2. The molecule has 1 aromatic carbocycles. The van der Waals surface area contributed by atoms with Crippen LogP contribution in [0.15, 0.2) is 24.3 Å². The molecule has 0 aliphatic heterocycles. The van der Waals surface area contributed by atoms with Gasteiger partial charge in [-0.05, 0) is 31.5 Å². The molecule has 0 aromatic heterocycles. The summed E-state index contributed by atoms with van der Waals surface area (Å²) in [7, 11) is 0. The second-order valence-corrected chi connectivity index (χ2v) is 4.52. The van der Waals surface area contributed by atoms with Gasteiger partial charge in [0.05, 0.1) is 6.54 Å². The van der Waals surface area contributed by atoms with E-state index in [4.69, 9.17) is 0 Å². The number of rotatable bonds is 6. The van der Waals surface area contributed by atoms with Gasteiger partial charge in [0, 0.05) is 12.6 Å². The summed E-state index contributed by atoms with van der Waals surface area (Å²) in [4.78, 5) is 11.4. The van der Waals surface area contributed by atoms with Crippen LogP contribution in [0.2, 0.25) is 0 Å². The average Bonchev–Trinajstić information content (AvgIpc) is 2.25. The van der Waals surface area contributed by atoms with Crippen molar-refractivity contribution in [3.8, 4) is 5.75 Å². The number of carbonyl (C=O) groups excluding carboxylic acids is 1. The summed E-state index contributed by atoms with van der Waals surface area (Å²) in [6, 6.07) is 5.67. The van der Waals surface area contributed by atoms with Gasteiger partial charge >= 0.3 is 6.36 Å². The van der Waals surface area contributed by atoms with Crippen molar-refractivity contribution < 1.29 is 22.7 Å². The monoisotopic (exact) mass is 290 g/mol. The van der Waals surface area contributed by atoms with E-state index in [2.05, 4.69) is 15.4 Å². The maximum absolute atomic E-state index is 12.1. The average molecular weight is 290 g/mol. The largest absolute Gasteiger partial charge is 0.573 e. The van der Waals surface area contributed by atoms with Crippen LogP contribution in [0.5, 0.6) is 5.75 Å². The highest BCUT2D eigenvalue weighted by Gasteiger charge is 2.31. The van der Waals surface area contributed by atoms with Crippen molar-refractivity contribution in [2.75, 3.05) is 6.54 Å². The lowest BCUT2D eigenvalue weighted by Crippen LogP contribution is -2.37. The molecule has 0 saturated carbocycles. The summed E-state index contributed by atoms with van der Waals surface area (Å²) in [6.07, 6.45) is -4.71. The maximum Gasteiger partial charge on any atom is 0.573 e. The molecule has 1 amide bonds. The molecule has 112 valence electrons. The molecule has 0 unspecified atom stereocenters. The van der Waals surface area contributed by atoms with Gasteiger partial charge in [0.2, 0.25) is 5.91 Å². The highest BCUT2D eigenvalue weighted by Crippen LogP contribution is 2.23. The van der Waals surface area contributed by atoms with E-state index >= 15 is 0 Å². The van der Waals surface area contributed by atoms with Crippen LogP contribution in [0.3, 0.4) is 0 Å². The SMILES string of the molecule is CC(C)NC(=O)CNCc1cccc(OC(F)(F)F)c1. The van der Waals surface area contributed by atoms with Crippen LogP contribution in [-0.2, 0) is 11.3 Å². The van der Waals surface area contributed by atoms with Gasteiger partial charge in [-0.15, -0.1) is 13.2 Å². The van der Waals surface area contributed by atoms with E-state index in [1.807, 2.05) is 13.8 Å². The number of hydrogen-bond donors (Lipinski definition) is 2. The Kier molecular flexibility index (Phi) is 5.82. The number of carbonyl (C=O) groups is 1. The fraction of sp³-hybridized carbons (Fsp3) is 0.462. The van der Waals surface area contributed by atoms with Crippen molar-refractivity contribution in [1.82, 2.24) is 10.6 Å². The van der Waals surface area contributed by atoms with E-state index in [0.717, 1.165) is 0 Å². The highest BCUT2D eigenvalue weighted by atomic mass is 19.4. The minimum Gasteiger partial charge on any atom is -0.406 e. The molecular weight excluding hydrogens is 273 g/mol. The number of ether oxygens (including phenoxy) is 1. The van der Waals surface area contributed by atoms with Crippen molar-refractivity contribution in [2.24, 2.45) is 0 Å². The Labute approximate surface area is 115 Å². The number of alkyl halides is 3. The van der Waals surface area contributed by atoms with Gasteiger partial charge in [-0.25, -0.2) is 0 Å². The minimum absolute atomic E-state index is 0.0489. The molecule has 4 nitrogen and oxygen atoms in total. The summed E-state index contributed by atoms with van der Waals surface area (Å²) in [5.41, 5.74) is 0.601. The van der Waals surface area contributed by atoms with E-state index in [-0.39, 0.29) is 30.8 Å².